The molecular weight excluding hydrogens is 380 g/mol. The number of thiophene rings is 1. The number of para-hydroxylation sites is 1. The third-order valence-corrected chi connectivity index (χ3v) is 6.18. The molecule has 0 amide bonds. The van der Waals surface area contributed by atoms with Gasteiger partial charge in [0.25, 0.3) is 5.69 Å². The predicted molar refractivity (Wildman–Crippen MR) is 83.8 cm³/mol. The van der Waals surface area contributed by atoms with Crippen molar-refractivity contribution in [2.45, 2.75) is 11.4 Å². The minimum absolute atomic E-state index is 0.149. The summed E-state index contributed by atoms with van der Waals surface area (Å²) in [7, 11) is -2.52. The van der Waals surface area contributed by atoms with E-state index in [2.05, 4.69) is 15.9 Å². The standard InChI is InChI=1S/C12H11BrN2O4S2/c1-14(7-9-6-12(13)20-8-9)21(18,19)11-5-3-2-4-10(11)15(16)17/h2-6,8H,7H2,1H3. The molecule has 2 aromatic rings. The SMILES string of the molecule is CN(Cc1csc(Br)c1)S(=O)(=O)c1ccccc1[N+](=O)[O-]. The Labute approximate surface area is 134 Å². The molecule has 0 unspecified atom stereocenters. The van der Waals surface area contributed by atoms with E-state index >= 15 is 0 Å². The zero-order valence-electron chi connectivity index (χ0n) is 10.9. The first-order chi connectivity index (χ1) is 9.82. The van der Waals surface area contributed by atoms with Gasteiger partial charge in [-0.05, 0) is 39.0 Å². The van der Waals surface area contributed by atoms with Crippen LogP contribution in [-0.4, -0.2) is 24.7 Å². The quantitative estimate of drug-likeness (QED) is 0.579. The van der Waals surface area contributed by atoms with E-state index in [0.717, 1.165) is 13.7 Å². The lowest BCUT2D eigenvalue weighted by Gasteiger charge is -2.16. The highest BCUT2D eigenvalue weighted by molar-refractivity contribution is 9.11. The highest BCUT2D eigenvalue weighted by Crippen LogP contribution is 2.27. The molecule has 0 spiro atoms. The lowest BCUT2D eigenvalue weighted by Crippen LogP contribution is -2.26. The third-order valence-electron chi connectivity index (χ3n) is 2.78. The topological polar surface area (TPSA) is 80.5 Å². The molecule has 112 valence electrons. The molecule has 0 aliphatic carbocycles. The molecule has 9 heteroatoms. The van der Waals surface area contributed by atoms with Gasteiger partial charge in [-0.15, -0.1) is 11.3 Å². The van der Waals surface area contributed by atoms with E-state index < -0.39 is 20.6 Å². The van der Waals surface area contributed by atoms with Gasteiger partial charge in [0.1, 0.15) is 0 Å². The summed E-state index contributed by atoms with van der Waals surface area (Å²) >= 11 is 4.76. The molecule has 0 N–H and O–H groups in total. The van der Waals surface area contributed by atoms with Crippen molar-refractivity contribution in [3.63, 3.8) is 0 Å². The molecule has 1 heterocycles. The fourth-order valence-electron chi connectivity index (χ4n) is 1.76. The number of nitro groups is 1. The minimum Gasteiger partial charge on any atom is -0.258 e. The van der Waals surface area contributed by atoms with Gasteiger partial charge in [-0.3, -0.25) is 10.1 Å². The molecule has 0 aliphatic heterocycles. The lowest BCUT2D eigenvalue weighted by atomic mass is 10.3. The van der Waals surface area contributed by atoms with Gasteiger partial charge in [0.05, 0.1) is 8.71 Å². The van der Waals surface area contributed by atoms with E-state index in [-0.39, 0.29) is 11.4 Å². The van der Waals surface area contributed by atoms with E-state index in [1.54, 1.807) is 0 Å². The van der Waals surface area contributed by atoms with Crippen molar-refractivity contribution in [1.82, 2.24) is 4.31 Å². The summed E-state index contributed by atoms with van der Waals surface area (Å²) in [5.41, 5.74) is 0.396. The number of halogens is 1. The van der Waals surface area contributed by atoms with Crippen molar-refractivity contribution < 1.29 is 13.3 Å². The number of nitro benzene ring substituents is 1. The van der Waals surface area contributed by atoms with Gasteiger partial charge in [-0.2, -0.15) is 4.31 Å². The first-order valence-corrected chi connectivity index (χ1v) is 8.86. The molecule has 0 radical (unpaired) electrons. The van der Waals surface area contributed by atoms with Crippen molar-refractivity contribution in [3.05, 3.63) is 55.2 Å². The van der Waals surface area contributed by atoms with Gasteiger partial charge in [0.2, 0.25) is 10.0 Å². The average Bonchev–Trinajstić information content (AvgIpc) is 2.84. The third kappa shape index (κ3) is 3.49. The Balaban J connectivity index is 2.35. The number of benzene rings is 1. The molecule has 1 aromatic carbocycles. The summed E-state index contributed by atoms with van der Waals surface area (Å²) in [4.78, 5) is 9.98. The van der Waals surface area contributed by atoms with Gasteiger partial charge in [0.15, 0.2) is 4.90 Å². The Kier molecular flexibility index (Phi) is 4.77. The van der Waals surface area contributed by atoms with E-state index in [1.165, 1.54) is 42.6 Å². The van der Waals surface area contributed by atoms with Crippen LogP contribution in [0.15, 0.2) is 44.4 Å². The van der Waals surface area contributed by atoms with Crippen LogP contribution in [0.1, 0.15) is 5.56 Å². The Hall–Kier alpha value is -1.29. The molecule has 0 atom stereocenters. The smallest absolute Gasteiger partial charge is 0.258 e. The average molecular weight is 391 g/mol. The van der Waals surface area contributed by atoms with Crippen molar-refractivity contribution in [2.24, 2.45) is 0 Å². The molecule has 2 rings (SSSR count). The fraction of sp³-hybridized carbons (Fsp3) is 0.167. The molecule has 21 heavy (non-hydrogen) atoms. The Bertz CT molecular complexity index is 773. The molecular formula is C12H11BrN2O4S2. The zero-order valence-corrected chi connectivity index (χ0v) is 14.1. The Morgan fingerprint density at radius 1 is 1.38 bits per heavy atom. The molecule has 0 saturated carbocycles. The minimum atomic E-state index is -3.92. The maximum Gasteiger partial charge on any atom is 0.289 e. The van der Waals surface area contributed by atoms with Gasteiger partial charge in [0, 0.05) is 19.7 Å². The van der Waals surface area contributed by atoms with Crippen LogP contribution in [0.3, 0.4) is 0 Å². The van der Waals surface area contributed by atoms with Crippen LogP contribution < -0.4 is 0 Å². The number of hydrogen-bond donors (Lipinski definition) is 0. The number of hydrogen-bond acceptors (Lipinski definition) is 5. The monoisotopic (exact) mass is 390 g/mol. The van der Waals surface area contributed by atoms with Crippen LogP contribution in [0.25, 0.3) is 0 Å². The highest BCUT2D eigenvalue weighted by atomic mass is 79.9. The van der Waals surface area contributed by atoms with Gasteiger partial charge >= 0.3 is 0 Å². The first-order valence-electron chi connectivity index (χ1n) is 5.75. The summed E-state index contributed by atoms with van der Waals surface area (Å²) in [5.74, 6) is 0. The second-order valence-electron chi connectivity index (χ2n) is 4.24. The van der Waals surface area contributed by atoms with Gasteiger partial charge in [-0.25, -0.2) is 8.42 Å². The van der Waals surface area contributed by atoms with Crippen LogP contribution in [0.4, 0.5) is 5.69 Å². The maximum atomic E-state index is 12.5. The number of nitrogens with zero attached hydrogens (tertiary/aromatic N) is 2. The summed E-state index contributed by atoms with van der Waals surface area (Å²) in [5, 5.41) is 12.8. The highest BCUT2D eigenvalue weighted by Gasteiger charge is 2.29. The van der Waals surface area contributed by atoms with Crippen LogP contribution >= 0.6 is 27.3 Å². The molecule has 6 nitrogen and oxygen atoms in total. The van der Waals surface area contributed by atoms with Crippen molar-refractivity contribution in [2.75, 3.05) is 7.05 Å². The first kappa shape index (κ1) is 16.1. The summed E-state index contributed by atoms with van der Waals surface area (Å²) < 4.78 is 27.0. The van der Waals surface area contributed by atoms with Gasteiger partial charge < -0.3 is 0 Å². The second-order valence-corrected chi connectivity index (χ2v) is 8.55. The summed E-state index contributed by atoms with van der Waals surface area (Å²) in [6.07, 6.45) is 0. The van der Waals surface area contributed by atoms with E-state index in [1.807, 2.05) is 11.4 Å². The molecule has 0 saturated heterocycles. The molecule has 0 fully saturated rings. The second kappa shape index (κ2) is 6.22. The molecule has 0 bridgehead atoms. The predicted octanol–water partition coefficient (Wildman–Crippen LogP) is 3.24. The normalized spacial score (nSPS) is 11.8. The molecule has 0 aliphatic rings. The Morgan fingerprint density at radius 3 is 2.62 bits per heavy atom. The van der Waals surface area contributed by atoms with Crippen molar-refractivity contribution in [1.29, 1.82) is 0 Å². The zero-order chi connectivity index (χ0) is 15.6. The van der Waals surface area contributed by atoms with Crippen LogP contribution in [0.5, 0.6) is 0 Å². The summed E-state index contributed by atoms with van der Waals surface area (Å²) in [6.45, 7) is 0.149. The molecule has 1 aromatic heterocycles. The van der Waals surface area contributed by atoms with Crippen LogP contribution in [0, 0.1) is 10.1 Å². The maximum absolute atomic E-state index is 12.5. The largest absolute Gasteiger partial charge is 0.289 e. The van der Waals surface area contributed by atoms with Crippen molar-refractivity contribution in [3.8, 4) is 0 Å². The number of rotatable bonds is 5. The summed E-state index contributed by atoms with van der Waals surface area (Å²) in [6, 6.07) is 7.15. The Morgan fingerprint density at radius 2 is 2.05 bits per heavy atom. The van der Waals surface area contributed by atoms with Crippen LogP contribution in [-0.2, 0) is 16.6 Å². The van der Waals surface area contributed by atoms with Gasteiger partial charge in [-0.1, -0.05) is 12.1 Å². The lowest BCUT2D eigenvalue weighted by molar-refractivity contribution is -0.387. The number of sulfonamides is 1. The van der Waals surface area contributed by atoms with E-state index in [9.17, 15) is 18.5 Å². The van der Waals surface area contributed by atoms with Crippen molar-refractivity contribution >= 4 is 43.0 Å². The van der Waals surface area contributed by atoms with E-state index in [4.69, 9.17) is 0 Å². The van der Waals surface area contributed by atoms with E-state index in [0.29, 0.717) is 0 Å². The van der Waals surface area contributed by atoms with Crippen LogP contribution in [0.2, 0.25) is 0 Å². The fourth-order valence-corrected chi connectivity index (χ4v) is 4.28.